The van der Waals surface area contributed by atoms with Crippen molar-refractivity contribution in [2.45, 2.75) is 20.8 Å². The van der Waals surface area contributed by atoms with E-state index in [9.17, 15) is 4.79 Å². The standard InChI is InChI=1S/C18H20O4/c1-12-7-8-13(2)17(14(12)3)22-10-9-21-16-6-4-5-15(11-16)18(19)20/h4-8,11H,9-10H2,1-3H3,(H,19,20). The Morgan fingerprint density at radius 1 is 1.00 bits per heavy atom. The van der Waals surface area contributed by atoms with E-state index in [2.05, 4.69) is 13.0 Å². The van der Waals surface area contributed by atoms with E-state index in [1.807, 2.05) is 19.9 Å². The summed E-state index contributed by atoms with van der Waals surface area (Å²) >= 11 is 0. The smallest absolute Gasteiger partial charge is 0.335 e. The van der Waals surface area contributed by atoms with Crippen LogP contribution in [0.1, 0.15) is 27.0 Å². The monoisotopic (exact) mass is 300 g/mol. The van der Waals surface area contributed by atoms with Gasteiger partial charge in [0.05, 0.1) is 5.56 Å². The van der Waals surface area contributed by atoms with Crippen LogP contribution in [0.5, 0.6) is 11.5 Å². The molecule has 116 valence electrons. The Kier molecular flexibility index (Phi) is 5.04. The van der Waals surface area contributed by atoms with Crippen molar-refractivity contribution < 1.29 is 19.4 Å². The van der Waals surface area contributed by atoms with Gasteiger partial charge in [0.25, 0.3) is 0 Å². The molecule has 0 aliphatic carbocycles. The van der Waals surface area contributed by atoms with E-state index >= 15 is 0 Å². The number of carboxylic acids is 1. The van der Waals surface area contributed by atoms with E-state index in [-0.39, 0.29) is 5.56 Å². The molecule has 0 fully saturated rings. The molecule has 4 nitrogen and oxygen atoms in total. The fourth-order valence-electron chi connectivity index (χ4n) is 2.17. The Balaban J connectivity index is 1.91. The average Bonchev–Trinajstić information content (AvgIpc) is 2.50. The number of aromatic carboxylic acids is 1. The van der Waals surface area contributed by atoms with Gasteiger partial charge in [-0.3, -0.25) is 0 Å². The number of ether oxygens (including phenoxy) is 2. The van der Waals surface area contributed by atoms with Gasteiger partial charge in [-0.2, -0.15) is 0 Å². The first-order valence-electron chi connectivity index (χ1n) is 7.15. The number of hydrogen-bond acceptors (Lipinski definition) is 3. The van der Waals surface area contributed by atoms with E-state index in [4.69, 9.17) is 14.6 Å². The molecule has 0 saturated heterocycles. The van der Waals surface area contributed by atoms with E-state index in [0.717, 1.165) is 16.9 Å². The van der Waals surface area contributed by atoms with Crippen molar-refractivity contribution in [2.75, 3.05) is 13.2 Å². The van der Waals surface area contributed by atoms with Crippen LogP contribution in [0, 0.1) is 20.8 Å². The second-order valence-corrected chi connectivity index (χ2v) is 5.18. The van der Waals surface area contributed by atoms with Crippen LogP contribution in [-0.4, -0.2) is 24.3 Å². The van der Waals surface area contributed by atoms with Gasteiger partial charge >= 0.3 is 5.97 Å². The maximum atomic E-state index is 10.9. The van der Waals surface area contributed by atoms with Crippen molar-refractivity contribution >= 4 is 5.97 Å². The van der Waals surface area contributed by atoms with Gasteiger partial charge in [0.15, 0.2) is 0 Å². The zero-order chi connectivity index (χ0) is 16.1. The van der Waals surface area contributed by atoms with Gasteiger partial charge in [-0.1, -0.05) is 18.2 Å². The lowest BCUT2D eigenvalue weighted by atomic mass is 10.1. The molecular weight excluding hydrogens is 280 g/mol. The van der Waals surface area contributed by atoms with Crippen molar-refractivity contribution in [3.05, 3.63) is 58.7 Å². The van der Waals surface area contributed by atoms with Crippen LogP contribution in [-0.2, 0) is 0 Å². The van der Waals surface area contributed by atoms with Gasteiger partial charge in [-0.15, -0.1) is 0 Å². The molecule has 0 heterocycles. The fourth-order valence-corrected chi connectivity index (χ4v) is 2.17. The SMILES string of the molecule is Cc1ccc(C)c(OCCOc2cccc(C(=O)O)c2)c1C. The highest BCUT2D eigenvalue weighted by molar-refractivity contribution is 5.87. The number of rotatable bonds is 6. The van der Waals surface area contributed by atoms with Crippen LogP contribution in [0.4, 0.5) is 0 Å². The topological polar surface area (TPSA) is 55.8 Å². The van der Waals surface area contributed by atoms with E-state index in [0.29, 0.717) is 19.0 Å². The van der Waals surface area contributed by atoms with Crippen molar-refractivity contribution in [3.63, 3.8) is 0 Å². The minimum atomic E-state index is -0.965. The molecule has 22 heavy (non-hydrogen) atoms. The third-order valence-corrected chi connectivity index (χ3v) is 3.55. The molecule has 4 heteroatoms. The Hall–Kier alpha value is -2.49. The molecule has 0 amide bonds. The first-order chi connectivity index (χ1) is 10.5. The van der Waals surface area contributed by atoms with Gasteiger partial charge in [0, 0.05) is 0 Å². The van der Waals surface area contributed by atoms with E-state index in [1.165, 1.54) is 17.7 Å². The molecule has 2 aromatic carbocycles. The Morgan fingerprint density at radius 3 is 2.41 bits per heavy atom. The van der Waals surface area contributed by atoms with Crippen LogP contribution < -0.4 is 9.47 Å². The number of benzene rings is 2. The number of aryl methyl sites for hydroxylation is 2. The summed E-state index contributed by atoms with van der Waals surface area (Å²) in [5.41, 5.74) is 3.63. The minimum Gasteiger partial charge on any atom is -0.490 e. The normalized spacial score (nSPS) is 10.3. The predicted octanol–water partition coefficient (Wildman–Crippen LogP) is 3.77. The van der Waals surface area contributed by atoms with Crippen molar-refractivity contribution in [1.82, 2.24) is 0 Å². The summed E-state index contributed by atoms with van der Waals surface area (Å²) in [4.78, 5) is 10.9. The highest BCUT2D eigenvalue weighted by atomic mass is 16.5. The quantitative estimate of drug-likeness (QED) is 0.825. The van der Waals surface area contributed by atoms with E-state index in [1.54, 1.807) is 12.1 Å². The molecule has 0 aliphatic heterocycles. The number of carboxylic acid groups (broad SMARTS) is 1. The van der Waals surface area contributed by atoms with Crippen LogP contribution in [0.25, 0.3) is 0 Å². The Labute approximate surface area is 130 Å². The molecular formula is C18H20O4. The van der Waals surface area contributed by atoms with Gasteiger partial charge < -0.3 is 14.6 Å². The van der Waals surface area contributed by atoms with E-state index < -0.39 is 5.97 Å². The molecule has 0 aliphatic rings. The summed E-state index contributed by atoms with van der Waals surface area (Å²) < 4.78 is 11.3. The molecule has 0 saturated carbocycles. The fraction of sp³-hybridized carbons (Fsp3) is 0.278. The summed E-state index contributed by atoms with van der Waals surface area (Å²) in [5.74, 6) is 0.455. The van der Waals surface area contributed by atoms with Crippen LogP contribution >= 0.6 is 0 Å². The maximum absolute atomic E-state index is 10.9. The van der Waals surface area contributed by atoms with Gasteiger partial charge in [0.1, 0.15) is 24.7 Å². The zero-order valence-electron chi connectivity index (χ0n) is 13.1. The average molecular weight is 300 g/mol. The second-order valence-electron chi connectivity index (χ2n) is 5.18. The van der Waals surface area contributed by atoms with Crippen molar-refractivity contribution in [2.24, 2.45) is 0 Å². The summed E-state index contributed by atoms with van der Waals surface area (Å²) in [6.07, 6.45) is 0. The zero-order valence-corrected chi connectivity index (χ0v) is 13.1. The van der Waals surface area contributed by atoms with Gasteiger partial charge in [-0.05, 0) is 55.7 Å². The molecule has 2 rings (SSSR count). The largest absolute Gasteiger partial charge is 0.490 e. The number of carbonyl (C=O) groups is 1. The van der Waals surface area contributed by atoms with Crippen molar-refractivity contribution in [1.29, 1.82) is 0 Å². The molecule has 1 N–H and O–H groups in total. The first-order valence-corrected chi connectivity index (χ1v) is 7.15. The van der Waals surface area contributed by atoms with Crippen LogP contribution in [0.15, 0.2) is 36.4 Å². The first kappa shape index (κ1) is 15.9. The molecule has 0 aromatic heterocycles. The van der Waals surface area contributed by atoms with Crippen molar-refractivity contribution in [3.8, 4) is 11.5 Å². The summed E-state index contributed by atoms with van der Waals surface area (Å²) in [5, 5.41) is 8.94. The van der Waals surface area contributed by atoms with Gasteiger partial charge in [0.2, 0.25) is 0 Å². The summed E-state index contributed by atoms with van der Waals surface area (Å²) in [6, 6.07) is 10.5. The lowest BCUT2D eigenvalue weighted by molar-refractivity contribution is 0.0696. The minimum absolute atomic E-state index is 0.212. The molecule has 0 unspecified atom stereocenters. The highest BCUT2D eigenvalue weighted by Crippen LogP contribution is 2.25. The molecule has 2 aromatic rings. The molecule has 0 spiro atoms. The maximum Gasteiger partial charge on any atom is 0.335 e. The summed E-state index contributed by atoms with van der Waals surface area (Å²) in [6.45, 7) is 6.86. The summed E-state index contributed by atoms with van der Waals surface area (Å²) in [7, 11) is 0. The molecule has 0 bridgehead atoms. The van der Waals surface area contributed by atoms with Crippen LogP contribution in [0.3, 0.4) is 0 Å². The predicted molar refractivity (Wildman–Crippen MR) is 85.0 cm³/mol. The Morgan fingerprint density at radius 2 is 1.68 bits per heavy atom. The lowest BCUT2D eigenvalue weighted by Crippen LogP contribution is -2.11. The second kappa shape index (κ2) is 6.98. The third kappa shape index (κ3) is 3.79. The third-order valence-electron chi connectivity index (χ3n) is 3.55. The van der Waals surface area contributed by atoms with Crippen LogP contribution in [0.2, 0.25) is 0 Å². The lowest BCUT2D eigenvalue weighted by Gasteiger charge is -2.14. The molecule has 0 radical (unpaired) electrons. The van der Waals surface area contributed by atoms with Gasteiger partial charge in [-0.25, -0.2) is 4.79 Å². The highest BCUT2D eigenvalue weighted by Gasteiger charge is 2.07. The molecule has 0 atom stereocenters. The number of hydrogen-bond donors (Lipinski definition) is 1. The Bertz CT molecular complexity index is 677.